The second-order valence-electron chi connectivity index (χ2n) is 3.72. The summed E-state index contributed by atoms with van der Waals surface area (Å²) in [6.07, 6.45) is 3.29. The number of thiazole rings is 1. The van der Waals surface area contributed by atoms with Crippen molar-refractivity contribution >= 4 is 49.7 Å². The molecule has 18 heavy (non-hydrogen) atoms. The van der Waals surface area contributed by atoms with Gasteiger partial charge in [-0.1, -0.05) is 22.9 Å². The van der Waals surface area contributed by atoms with Crippen molar-refractivity contribution in [2.45, 2.75) is 0 Å². The van der Waals surface area contributed by atoms with E-state index < -0.39 is 0 Å². The van der Waals surface area contributed by atoms with Crippen LogP contribution in [-0.2, 0) is 0 Å². The van der Waals surface area contributed by atoms with E-state index >= 15 is 0 Å². The van der Waals surface area contributed by atoms with E-state index in [1.165, 1.54) is 11.3 Å². The largest absolute Gasteiger partial charge is 0.396 e. The first-order valence-electron chi connectivity index (χ1n) is 5.25. The average molecular weight is 277 g/mol. The Balaban J connectivity index is 1.98. The first-order valence-corrected chi connectivity index (χ1v) is 6.44. The van der Waals surface area contributed by atoms with Crippen molar-refractivity contribution in [3.05, 3.63) is 41.7 Å². The number of nitrogen functional groups attached to an aromatic ring is 1. The summed E-state index contributed by atoms with van der Waals surface area (Å²) in [7, 11) is 0. The zero-order valence-corrected chi connectivity index (χ0v) is 10.8. The minimum absolute atomic E-state index is 0.592. The van der Waals surface area contributed by atoms with E-state index in [0.717, 1.165) is 21.0 Å². The summed E-state index contributed by atoms with van der Waals surface area (Å²) in [5.41, 5.74) is 8.13. The zero-order valence-electron chi connectivity index (χ0n) is 9.22. The van der Waals surface area contributed by atoms with Gasteiger partial charge in [0.25, 0.3) is 0 Å². The van der Waals surface area contributed by atoms with Crippen LogP contribution in [0.15, 0.2) is 36.7 Å². The molecule has 3 N–H and O–H groups in total. The number of rotatable bonds is 2. The van der Waals surface area contributed by atoms with Crippen molar-refractivity contribution in [3.8, 4) is 0 Å². The van der Waals surface area contributed by atoms with Crippen molar-refractivity contribution in [2.24, 2.45) is 0 Å². The Kier molecular flexibility index (Phi) is 2.77. The van der Waals surface area contributed by atoms with Gasteiger partial charge in [-0.3, -0.25) is 4.98 Å². The number of aromatic nitrogens is 2. The lowest BCUT2D eigenvalue weighted by atomic mass is 10.3. The van der Waals surface area contributed by atoms with Gasteiger partial charge in [-0.25, -0.2) is 4.98 Å². The minimum Gasteiger partial charge on any atom is -0.396 e. The van der Waals surface area contributed by atoms with Crippen molar-refractivity contribution in [3.63, 3.8) is 0 Å². The van der Waals surface area contributed by atoms with Gasteiger partial charge < -0.3 is 11.1 Å². The molecule has 1 aromatic carbocycles. The summed E-state index contributed by atoms with van der Waals surface area (Å²) in [4.78, 5) is 8.40. The number of fused-ring (bicyclic) bond motifs is 1. The molecule has 3 aromatic rings. The number of pyridine rings is 1. The topological polar surface area (TPSA) is 63.8 Å². The fourth-order valence-corrected chi connectivity index (χ4v) is 2.74. The molecule has 0 amide bonds. The molecule has 90 valence electrons. The predicted molar refractivity (Wildman–Crippen MR) is 76.6 cm³/mol. The molecule has 4 nitrogen and oxygen atoms in total. The Hall–Kier alpha value is -1.85. The second-order valence-corrected chi connectivity index (χ2v) is 5.19. The third kappa shape index (κ3) is 2.10. The smallest absolute Gasteiger partial charge is 0.188 e. The minimum atomic E-state index is 0.592. The maximum Gasteiger partial charge on any atom is 0.188 e. The summed E-state index contributed by atoms with van der Waals surface area (Å²) >= 11 is 7.48. The molecular weight excluding hydrogens is 268 g/mol. The molecular formula is C12H9ClN4S. The number of halogens is 1. The molecule has 0 bridgehead atoms. The van der Waals surface area contributed by atoms with Crippen molar-refractivity contribution in [2.75, 3.05) is 11.1 Å². The molecule has 0 fully saturated rings. The highest BCUT2D eigenvalue weighted by Crippen LogP contribution is 2.31. The fourth-order valence-electron chi connectivity index (χ4n) is 1.59. The maximum atomic E-state index is 5.94. The van der Waals surface area contributed by atoms with Crippen LogP contribution in [0.5, 0.6) is 0 Å². The zero-order chi connectivity index (χ0) is 12.5. The number of anilines is 3. The van der Waals surface area contributed by atoms with Gasteiger partial charge in [0.05, 0.1) is 27.8 Å². The number of hydrogen-bond acceptors (Lipinski definition) is 5. The highest BCUT2D eigenvalue weighted by molar-refractivity contribution is 7.22. The molecule has 0 saturated carbocycles. The predicted octanol–water partition coefficient (Wildman–Crippen LogP) is 3.67. The number of benzene rings is 1. The van der Waals surface area contributed by atoms with Crippen LogP contribution in [0.3, 0.4) is 0 Å². The number of nitrogens with two attached hydrogens (primary N) is 1. The molecule has 0 aliphatic rings. The normalized spacial score (nSPS) is 10.7. The standard InChI is InChI=1S/C12H9ClN4S/c13-7-1-2-10-11(5-7)18-12(17-10)16-9-3-4-15-6-8(9)14/h1-6H,14H2,(H,15,16,17). The lowest BCUT2D eigenvalue weighted by Crippen LogP contribution is -1.95. The Morgan fingerprint density at radius 1 is 1.28 bits per heavy atom. The third-order valence-corrected chi connectivity index (χ3v) is 3.61. The van der Waals surface area contributed by atoms with Gasteiger partial charge in [-0.05, 0) is 24.3 Å². The second kappa shape index (κ2) is 4.44. The molecule has 0 aliphatic carbocycles. The van der Waals surface area contributed by atoms with Crippen LogP contribution in [0.1, 0.15) is 0 Å². The summed E-state index contributed by atoms with van der Waals surface area (Å²) in [6.45, 7) is 0. The molecule has 0 spiro atoms. The highest BCUT2D eigenvalue weighted by Gasteiger charge is 2.06. The Morgan fingerprint density at radius 2 is 2.17 bits per heavy atom. The van der Waals surface area contributed by atoms with Gasteiger partial charge in [-0.15, -0.1) is 0 Å². The van der Waals surface area contributed by atoms with Crippen molar-refractivity contribution in [1.82, 2.24) is 9.97 Å². The van der Waals surface area contributed by atoms with Crippen molar-refractivity contribution < 1.29 is 0 Å². The first kappa shape index (κ1) is 11.3. The van der Waals surface area contributed by atoms with Crippen molar-refractivity contribution in [1.29, 1.82) is 0 Å². The SMILES string of the molecule is Nc1cnccc1Nc1nc2ccc(Cl)cc2s1. The lowest BCUT2D eigenvalue weighted by molar-refractivity contribution is 1.32. The van der Waals surface area contributed by atoms with E-state index in [1.807, 2.05) is 24.3 Å². The summed E-state index contributed by atoms with van der Waals surface area (Å²) in [6, 6.07) is 7.44. The summed E-state index contributed by atoms with van der Waals surface area (Å²) in [5, 5.41) is 4.67. The molecule has 3 rings (SSSR count). The Labute approximate surface area is 112 Å². The third-order valence-electron chi connectivity index (χ3n) is 2.44. The van der Waals surface area contributed by atoms with Gasteiger partial charge in [0.15, 0.2) is 5.13 Å². The number of hydrogen-bond donors (Lipinski definition) is 2. The van der Waals surface area contributed by atoms with Gasteiger partial charge in [0.2, 0.25) is 0 Å². The molecule has 0 saturated heterocycles. The maximum absolute atomic E-state index is 5.94. The van der Waals surface area contributed by atoms with E-state index in [1.54, 1.807) is 12.4 Å². The first-order chi connectivity index (χ1) is 8.72. The van der Waals surface area contributed by atoms with E-state index in [2.05, 4.69) is 15.3 Å². The Bertz CT molecular complexity index is 710. The number of nitrogens with one attached hydrogen (secondary N) is 1. The molecule has 0 atom stereocenters. The highest BCUT2D eigenvalue weighted by atomic mass is 35.5. The summed E-state index contributed by atoms with van der Waals surface area (Å²) in [5.74, 6) is 0. The van der Waals surface area contributed by atoms with Crippen LogP contribution in [0.25, 0.3) is 10.2 Å². The molecule has 0 aliphatic heterocycles. The molecule has 2 aromatic heterocycles. The lowest BCUT2D eigenvalue weighted by Gasteiger charge is -2.04. The van der Waals surface area contributed by atoms with E-state index in [0.29, 0.717) is 10.7 Å². The van der Waals surface area contributed by atoms with E-state index in [9.17, 15) is 0 Å². The van der Waals surface area contributed by atoms with Crippen LogP contribution < -0.4 is 11.1 Å². The number of nitrogens with zero attached hydrogens (tertiary/aromatic N) is 2. The monoisotopic (exact) mass is 276 g/mol. The fraction of sp³-hybridized carbons (Fsp3) is 0. The molecule has 0 radical (unpaired) electrons. The van der Waals surface area contributed by atoms with E-state index in [4.69, 9.17) is 17.3 Å². The van der Waals surface area contributed by atoms with Crippen LogP contribution >= 0.6 is 22.9 Å². The Morgan fingerprint density at radius 3 is 3.00 bits per heavy atom. The van der Waals surface area contributed by atoms with Gasteiger partial charge in [0.1, 0.15) is 0 Å². The van der Waals surface area contributed by atoms with Crippen LogP contribution in [0.4, 0.5) is 16.5 Å². The molecule has 2 heterocycles. The van der Waals surface area contributed by atoms with Crippen LogP contribution in [0, 0.1) is 0 Å². The van der Waals surface area contributed by atoms with Crippen LogP contribution in [0.2, 0.25) is 5.02 Å². The molecule has 6 heteroatoms. The average Bonchev–Trinajstić information content (AvgIpc) is 2.73. The van der Waals surface area contributed by atoms with Gasteiger partial charge in [-0.2, -0.15) is 0 Å². The van der Waals surface area contributed by atoms with Gasteiger partial charge >= 0.3 is 0 Å². The van der Waals surface area contributed by atoms with Gasteiger partial charge in [0, 0.05) is 11.2 Å². The summed E-state index contributed by atoms with van der Waals surface area (Å²) < 4.78 is 1.04. The molecule has 0 unspecified atom stereocenters. The van der Waals surface area contributed by atoms with E-state index in [-0.39, 0.29) is 0 Å². The quantitative estimate of drug-likeness (QED) is 0.749. The van der Waals surface area contributed by atoms with Crippen LogP contribution in [-0.4, -0.2) is 9.97 Å².